The van der Waals surface area contributed by atoms with Crippen molar-refractivity contribution in [1.82, 2.24) is 5.32 Å². The second-order valence-electron chi connectivity index (χ2n) is 8.09. The summed E-state index contributed by atoms with van der Waals surface area (Å²) in [5.41, 5.74) is 1.86. The minimum absolute atomic E-state index is 0.0354. The van der Waals surface area contributed by atoms with Crippen LogP contribution < -0.4 is 10.6 Å². The molecule has 2 amide bonds. The Labute approximate surface area is 184 Å². The predicted octanol–water partition coefficient (Wildman–Crippen LogP) is 3.70. The smallest absolute Gasteiger partial charge is 0.256 e. The molecule has 0 bridgehead atoms. The zero-order valence-electron chi connectivity index (χ0n) is 16.5. The van der Waals surface area contributed by atoms with Crippen LogP contribution in [-0.4, -0.2) is 37.8 Å². The maximum absolute atomic E-state index is 13.1. The lowest BCUT2D eigenvalue weighted by molar-refractivity contribution is 0.0941. The molecule has 1 saturated heterocycles. The van der Waals surface area contributed by atoms with Crippen molar-refractivity contribution in [3.63, 3.8) is 0 Å². The van der Waals surface area contributed by atoms with Gasteiger partial charge in [-0.15, -0.1) is 11.3 Å². The molecular weight excluding hydrogens is 444 g/mol. The number of rotatable bonds is 4. The van der Waals surface area contributed by atoms with E-state index < -0.39 is 15.9 Å². The normalized spacial score (nSPS) is 22.3. The van der Waals surface area contributed by atoms with Crippen LogP contribution in [0.3, 0.4) is 0 Å². The summed E-state index contributed by atoms with van der Waals surface area (Å²) in [6.07, 6.45) is 3.03. The molecule has 160 valence electrons. The number of sulfone groups is 1. The quantitative estimate of drug-likeness (QED) is 0.718. The number of carbonyl (C=O) groups is 2. The molecule has 0 radical (unpaired) electrons. The largest absolute Gasteiger partial charge is 0.348 e. The fourth-order valence-corrected chi connectivity index (χ4v) is 7.32. The van der Waals surface area contributed by atoms with Gasteiger partial charge in [-0.3, -0.25) is 9.59 Å². The maximum Gasteiger partial charge on any atom is 0.256 e. The summed E-state index contributed by atoms with van der Waals surface area (Å²) in [7, 11) is -3.10. The lowest BCUT2D eigenvalue weighted by atomic mass is 9.88. The van der Waals surface area contributed by atoms with E-state index >= 15 is 0 Å². The van der Waals surface area contributed by atoms with Gasteiger partial charge < -0.3 is 10.6 Å². The highest BCUT2D eigenvalue weighted by molar-refractivity contribution is 7.91. The Balaban J connectivity index is 1.63. The molecule has 1 aromatic heterocycles. The zero-order chi connectivity index (χ0) is 21.5. The number of hydrogen-bond acceptors (Lipinski definition) is 5. The Hall–Kier alpha value is -1.90. The SMILES string of the molecule is CC1CCc2c(sc(NC(=O)c3cccc(Cl)c3)c2C(=O)NC2CCS(=O)(=O)C2)C1. The van der Waals surface area contributed by atoms with Gasteiger partial charge in [0, 0.05) is 21.5 Å². The van der Waals surface area contributed by atoms with Gasteiger partial charge in [-0.25, -0.2) is 8.42 Å². The van der Waals surface area contributed by atoms with Gasteiger partial charge in [0.1, 0.15) is 5.00 Å². The van der Waals surface area contributed by atoms with Crippen molar-refractivity contribution in [2.75, 3.05) is 16.8 Å². The van der Waals surface area contributed by atoms with E-state index in [0.717, 1.165) is 29.7 Å². The molecule has 1 aliphatic carbocycles. The van der Waals surface area contributed by atoms with Crippen LogP contribution in [0.15, 0.2) is 24.3 Å². The summed E-state index contributed by atoms with van der Waals surface area (Å²) < 4.78 is 23.5. The second-order valence-corrected chi connectivity index (χ2v) is 11.9. The topological polar surface area (TPSA) is 92.3 Å². The van der Waals surface area contributed by atoms with E-state index in [0.29, 0.717) is 33.5 Å². The first-order valence-corrected chi connectivity index (χ1v) is 13.0. The third-order valence-corrected chi connectivity index (χ3v) is 8.79. The van der Waals surface area contributed by atoms with Gasteiger partial charge in [0.25, 0.3) is 11.8 Å². The van der Waals surface area contributed by atoms with Crippen LogP contribution in [0.2, 0.25) is 5.02 Å². The fourth-order valence-electron chi connectivity index (χ4n) is 4.05. The summed E-state index contributed by atoms with van der Waals surface area (Å²) in [6, 6.07) is 6.25. The lowest BCUT2D eigenvalue weighted by Crippen LogP contribution is -2.36. The summed E-state index contributed by atoms with van der Waals surface area (Å²) in [4.78, 5) is 27.0. The average Bonchev–Trinajstić information content (AvgIpc) is 3.19. The number of carbonyl (C=O) groups excluding carboxylic acids is 2. The molecule has 2 N–H and O–H groups in total. The number of thiophene rings is 1. The van der Waals surface area contributed by atoms with E-state index in [9.17, 15) is 18.0 Å². The minimum atomic E-state index is -3.10. The molecule has 2 aromatic rings. The number of nitrogens with one attached hydrogen (secondary N) is 2. The van der Waals surface area contributed by atoms with E-state index in [-0.39, 0.29) is 23.3 Å². The summed E-state index contributed by atoms with van der Waals surface area (Å²) >= 11 is 7.43. The molecule has 30 heavy (non-hydrogen) atoms. The van der Waals surface area contributed by atoms with Crippen LogP contribution >= 0.6 is 22.9 Å². The molecule has 2 unspecified atom stereocenters. The van der Waals surface area contributed by atoms with Crippen LogP contribution in [-0.2, 0) is 22.7 Å². The highest BCUT2D eigenvalue weighted by Gasteiger charge is 2.33. The standard InChI is InChI=1S/C21H23ClN2O4S2/c1-12-5-6-16-17(9-12)29-21(24-19(25)13-3-2-4-14(22)10-13)18(16)20(26)23-15-7-8-30(27,28)11-15/h2-4,10,12,15H,5-9,11H2,1H3,(H,23,26)(H,24,25). The Morgan fingerprint density at radius 3 is 2.70 bits per heavy atom. The Kier molecular flexibility index (Phi) is 5.92. The van der Waals surface area contributed by atoms with Crippen LogP contribution in [0, 0.1) is 5.92 Å². The molecule has 1 aromatic carbocycles. The number of hydrogen-bond donors (Lipinski definition) is 2. The van der Waals surface area contributed by atoms with Crippen molar-refractivity contribution in [2.45, 2.75) is 38.6 Å². The van der Waals surface area contributed by atoms with Crippen molar-refractivity contribution < 1.29 is 18.0 Å². The van der Waals surface area contributed by atoms with Gasteiger partial charge >= 0.3 is 0 Å². The summed E-state index contributed by atoms with van der Waals surface area (Å²) in [5, 5.41) is 6.74. The van der Waals surface area contributed by atoms with E-state index in [1.54, 1.807) is 24.3 Å². The van der Waals surface area contributed by atoms with Gasteiger partial charge in [0.05, 0.1) is 17.1 Å². The first kappa shape index (κ1) is 21.3. The fraction of sp³-hybridized carbons (Fsp3) is 0.429. The monoisotopic (exact) mass is 466 g/mol. The first-order valence-electron chi connectivity index (χ1n) is 9.94. The molecule has 0 spiro atoms. The number of anilines is 1. The van der Waals surface area contributed by atoms with Crippen molar-refractivity contribution >= 4 is 49.6 Å². The van der Waals surface area contributed by atoms with Crippen LogP contribution in [0.1, 0.15) is 50.9 Å². The molecule has 9 heteroatoms. The van der Waals surface area contributed by atoms with Gasteiger partial charge in [-0.05, 0) is 55.4 Å². The van der Waals surface area contributed by atoms with E-state index in [1.165, 1.54) is 11.3 Å². The molecule has 2 atom stereocenters. The third kappa shape index (κ3) is 4.55. The summed E-state index contributed by atoms with van der Waals surface area (Å²) in [6.45, 7) is 2.18. The maximum atomic E-state index is 13.1. The average molecular weight is 467 g/mol. The second kappa shape index (κ2) is 8.32. The first-order chi connectivity index (χ1) is 14.2. The van der Waals surface area contributed by atoms with Gasteiger partial charge in [0.2, 0.25) is 0 Å². The molecule has 0 saturated carbocycles. The molecular formula is C21H23ClN2O4S2. The number of fused-ring (bicyclic) bond motifs is 1. The molecule has 1 aliphatic heterocycles. The lowest BCUT2D eigenvalue weighted by Gasteiger charge is -2.19. The molecule has 4 rings (SSSR count). The van der Waals surface area contributed by atoms with Crippen molar-refractivity contribution in [3.05, 3.63) is 50.9 Å². The highest BCUT2D eigenvalue weighted by atomic mass is 35.5. The highest BCUT2D eigenvalue weighted by Crippen LogP contribution is 2.40. The third-order valence-electron chi connectivity index (χ3n) is 5.62. The minimum Gasteiger partial charge on any atom is -0.348 e. The Morgan fingerprint density at radius 2 is 2.00 bits per heavy atom. The van der Waals surface area contributed by atoms with Gasteiger partial charge in [-0.1, -0.05) is 24.6 Å². The van der Waals surface area contributed by atoms with Crippen LogP contribution in [0.4, 0.5) is 5.00 Å². The molecule has 2 aliphatic rings. The number of amides is 2. The molecule has 1 fully saturated rings. The van der Waals surface area contributed by atoms with E-state index in [2.05, 4.69) is 17.6 Å². The van der Waals surface area contributed by atoms with Crippen LogP contribution in [0.25, 0.3) is 0 Å². The van der Waals surface area contributed by atoms with E-state index in [1.807, 2.05) is 0 Å². The summed E-state index contributed by atoms with van der Waals surface area (Å²) in [5.74, 6) is -0.0716. The van der Waals surface area contributed by atoms with E-state index in [4.69, 9.17) is 11.6 Å². The van der Waals surface area contributed by atoms with Gasteiger partial charge in [-0.2, -0.15) is 0 Å². The number of halogens is 1. The zero-order valence-corrected chi connectivity index (χ0v) is 18.9. The Morgan fingerprint density at radius 1 is 1.20 bits per heavy atom. The molecule has 6 nitrogen and oxygen atoms in total. The van der Waals surface area contributed by atoms with Crippen LogP contribution in [0.5, 0.6) is 0 Å². The van der Waals surface area contributed by atoms with Crippen molar-refractivity contribution in [2.24, 2.45) is 5.92 Å². The predicted molar refractivity (Wildman–Crippen MR) is 119 cm³/mol. The Bertz CT molecular complexity index is 1110. The van der Waals surface area contributed by atoms with Crippen molar-refractivity contribution in [3.8, 4) is 0 Å². The molecule has 2 heterocycles. The van der Waals surface area contributed by atoms with Crippen molar-refractivity contribution in [1.29, 1.82) is 0 Å². The van der Waals surface area contributed by atoms with Gasteiger partial charge in [0.15, 0.2) is 9.84 Å². The number of benzene rings is 1.